The maximum atomic E-state index is 12.7. The van der Waals surface area contributed by atoms with Crippen LogP contribution in [-0.2, 0) is 28.5 Å². The normalized spacial score (nSPS) is 37.5. The van der Waals surface area contributed by atoms with E-state index in [1.165, 1.54) is 20.2 Å². The molecular formula is C27H42N4O13. The van der Waals surface area contributed by atoms with Crippen LogP contribution in [0.4, 0.5) is 0 Å². The highest BCUT2D eigenvalue weighted by atomic mass is 16.8. The van der Waals surface area contributed by atoms with Gasteiger partial charge in [-0.3, -0.25) is 4.99 Å². The minimum atomic E-state index is -3.11. The molecule has 0 spiro atoms. The van der Waals surface area contributed by atoms with Crippen molar-refractivity contribution in [2.45, 2.75) is 42.7 Å². The summed E-state index contributed by atoms with van der Waals surface area (Å²) in [6.45, 7) is 3.59. The number of hydrogen-bond donors (Lipinski definition) is 9. The van der Waals surface area contributed by atoms with Crippen LogP contribution in [0.1, 0.15) is 0 Å². The minimum Gasteiger partial charge on any atom is -0.550 e. The number of ether oxygens (including phenoxy) is 4. The molecule has 11 unspecified atom stereocenters. The summed E-state index contributed by atoms with van der Waals surface area (Å²) in [5, 5.41) is 75.1. The Morgan fingerprint density at radius 3 is 2.52 bits per heavy atom. The van der Waals surface area contributed by atoms with Crippen molar-refractivity contribution < 1.29 is 69.2 Å². The molecule has 3 heterocycles. The zero-order chi connectivity index (χ0) is 32.8. The molecular weight excluding hydrogens is 588 g/mol. The van der Waals surface area contributed by atoms with Gasteiger partial charge < -0.3 is 75.4 Å². The van der Waals surface area contributed by atoms with Crippen molar-refractivity contribution in [3.05, 3.63) is 36.6 Å². The van der Waals surface area contributed by atoms with Crippen molar-refractivity contribution in [1.82, 2.24) is 5.32 Å². The number of likely N-dealkylation sites (tertiary alicyclic amines) is 1. The smallest absolute Gasteiger partial charge is 0.337 e. The number of guanidine groups is 1. The van der Waals surface area contributed by atoms with Gasteiger partial charge in [-0.05, 0) is 0 Å². The first kappa shape index (κ1) is 35.4. The van der Waals surface area contributed by atoms with E-state index >= 15 is 0 Å². The second-order valence-electron chi connectivity index (χ2n) is 10.8. The van der Waals surface area contributed by atoms with Gasteiger partial charge in [-0.25, -0.2) is 4.79 Å². The first-order chi connectivity index (χ1) is 20.8. The van der Waals surface area contributed by atoms with Gasteiger partial charge in [0.05, 0.1) is 69.1 Å². The number of aliphatic hydroxyl groups is 6. The summed E-state index contributed by atoms with van der Waals surface area (Å²) in [5.41, 5.74) is 5.92. The third-order valence-corrected chi connectivity index (χ3v) is 8.17. The van der Waals surface area contributed by atoms with Crippen molar-refractivity contribution in [3.8, 4) is 0 Å². The lowest BCUT2D eigenvalue weighted by Gasteiger charge is -2.46. The second-order valence-corrected chi connectivity index (χ2v) is 10.8. The fraction of sp³-hybridized carbons (Fsp3) is 0.667. The first-order valence-electron chi connectivity index (χ1n) is 14.0. The number of nitrogens with one attached hydrogen (secondary N) is 2. The van der Waals surface area contributed by atoms with E-state index in [1.807, 2.05) is 0 Å². The van der Waals surface area contributed by atoms with Gasteiger partial charge >= 0.3 is 5.97 Å². The fourth-order valence-electron chi connectivity index (χ4n) is 5.72. The molecule has 44 heavy (non-hydrogen) atoms. The maximum absolute atomic E-state index is 12.7. The number of hydrogen-bond acceptors (Lipinski definition) is 14. The highest BCUT2D eigenvalue weighted by Crippen LogP contribution is 2.37. The molecule has 0 saturated carbocycles. The van der Waals surface area contributed by atoms with E-state index in [4.69, 9.17) is 24.7 Å². The lowest BCUT2D eigenvalue weighted by molar-refractivity contribution is -0.911. The van der Waals surface area contributed by atoms with Crippen LogP contribution >= 0.6 is 0 Å². The highest BCUT2D eigenvalue weighted by Gasteiger charge is 2.56. The molecule has 3 rings (SSSR count). The number of nitrogens with zero attached hydrogens (tertiary/aromatic N) is 1. The summed E-state index contributed by atoms with van der Waals surface area (Å²) in [4.78, 5) is 29.5. The number of rotatable bonds is 11. The molecule has 3 aliphatic heterocycles. The lowest BCUT2D eigenvalue weighted by atomic mass is 9.79. The zero-order valence-corrected chi connectivity index (χ0v) is 24.4. The molecule has 10 N–H and O–H groups in total. The van der Waals surface area contributed by atoms with Crippen LogP contribution in [0.3, 0.4) is 0 Å². The number of aliphatic hydroxyl groups excluding tert-OH is 4. The number of methoxy groups -OCH3 is 1. The van der Waals surface area contributed by atoms with Crippen molar-refractivity contribution in [1.29, 1.82) is 0 Å². The van der Waals surface area contributed by atoms with Crippen LogP contribution in [0.15, 0.2) is 41.6 Å². The Morgan fingerprint density at radius 2 is 1.95 bits per heavy atom. The zero-order valence-electron chi connectivity index (χ0n) is 24.4. The first-order valence-corrected chi connectivity index (χ1v) is 14.0. The number of nitrogens with two attached hydrogens (primary N) is 1. The number of esters is 1. The Balaban J connectivity index is 1.97. The molecule has 0 aromatic heterocycles. The summed E-state index contributed by atoms with van der Waals surface area (Å²) in [7, 11) is 2.60. The van der Waals surface area contributed by atoms with Gasteiger partial charge in [-0.1, -0.05) is 18.2 Å². The van der Waals surface area contributed by atoms with E-state index < -0.39 is 84.9 Å². The average molecular weight is 631 g/mol. The molecule has 2 saturated heterocycles. The van der Waals surface area contributed by atoms with Crippen molar-refractivity contribution in [2.24, 2.45) is 34.4 Å². The second kappa shape index (κ2) is 15.2. The van der Waals surface area contributed by atoms with Crippen molar-refractivity contribution in [3.63, 3.8) is 0 Å². The van der Waals surface area contributed by atoms with E-state index in [0.29, 0.717) is 6.54 Å². The minimum absolute atomic E-state index is 0.00471. The van der Waals surface area contributed by atoms with Gasteiger partial charge in [0.15, 0.2) is 18.4 Å². The lowest BCUT2D eigenvalue weighted by Crippen LogP contribution is -3.16. The molecule has 2 fully saturated rings. The van der Waals surface area contributed by atoms with Gasteiger partial charge in [0.25, 0.3) is 0 Å². The van der Waals surface area contributed by atoms with E-state index in [1.54, 1.807) is 12.2 Å². The summed E-state index contributed by atoms with van der Waals surface area (Å²) in [6.07, 6.45) is -3.20. The predicted molar refractivity (Wildman–Crippen MR) is 146 cm³/mol. The number of aliphatic carboxylic acids is 1. The van der Waals surface area contributed by atoms with Crippen LogP contribution in [0.5, 0.6) is 0 Å². The number of piperidine rings is 1. The summed E-state index contributed by atoms with van der Waals surface area (Å²) < 4.78 is 21.6. The van der Waals surface area contributed by atoms with E-state index in [0.717, 1.165) is 11.2 Å². The van der Waals surface area contributed by atoms with Gasteiger partial charge in [-0.15, -0.1) is 6.58 Å². The number of carbonyl (C=O) groups is 2. The number of allylic oxidation sites excluding steroid dienone is 1. The number of quaternary nitrogens is 1. The molecule has 0 aromatic carbocycles. The third kappa shape index (κ3) is 7.56. The summed E-state index contributed by atoms with van der Waals surface area (Å²) in [5.74, 6) is -8.49. The molecule has 0 aromatic rings. The van der Waals surface area contributed by atoms with Gasteiger partial charge in [0, 0.05) is 18.9 Å². The van der Waals surface area contributed by atoms with Crippen LogP contribution < -0.4 is 21.1 Å². The molecule has 0 aliphatic carbocycles. The van der Waals surface area contributed by atoms with Gasteiger partial charge in [-0.2, -0.15) is 0 Å². The molecule has 17 heteroatoms. The standard InChI is InChI=1S/C27H42N4O13/c1-4-14-15(6-5-13-9-31(7-8-32)10-16(22(36)37)19(13)30-26(28)29-2)17(23(38)41-3)12-42-24(14)44-25-21(35)27(39,40)20(34)18(11-33)43-25/h4-6,12-16,18-21,24-25,32-35,39-40H,1,7-11H2,2-3H3,(H,36,37)(H3,28,29,30). The summed E-state index contributed by atoms with van der Waals surface area (Å²) >= 11 is 0. The quantitative estimate of drug-likeness (QED) is 0.0337. The fourth-order valence-corrected chi connectivity index (χ4v) is 5.72. The Kier molecular flexibility index (Phi) is 12.2. The topological polar surface area (TPSA) is 270 Å². The molecule has 0 bridgehead atoms. The molecule has 0 radical (unpaired) electrons. The van der Waals surface area contributed by atoms with Crippen LogP contribution in [0.2, 0.25) is 0 Å². The Morgan fingerprint density at radius 1 is 1.25 bits per heavy atom. The number of carboxylic acid groups (broad SMARTS) is 1. The molecule has 11 atom stereocenters. The van der Waals surface area contributed by atoms with Crippen molar-refractivity contribution >= 4 is 17.9 Å². The largest absolute Gasteiger partial charge is 0.550 e. The molecule has 248 valence electrons. The third-order valence-electron chi connectivity index (χ3n) is 8.17. The summed E-state index contributed by atoms with van der Waals surface area (Å²) in [6, 6.07) is -0.767. The molecule has 0 amide bonds. The molecule has 3 aliphatic rings. The van der Waals surface area contributed by atoms with Crippen molar-refractivity contribution in [2.75, 3.05) is 47.0 Å². The van der Waals surface area contributed by atoms with Crippen LogP contribution in [-0.4, -0.2) is 138 Å². The number of aliphatic imine (C=N–C) groups is 1. The number of carboxylic acids is 1. The Labute approximate surface area is 253 Å². The van der Waals surface area contributed by atoms with Crippen LogP contribution in [0, 0.1) is 23.7 Å². The van der Waals surface area contributed by atoms with Gasteiger partial charge in [0.1, 0.15) is 18.8 Å². The Bertz CT molecular complexity index is 1120. The molecule has 17 nitrogen and oxygen atoms in total. The Hall–Kier alpha value is -3.13. The number of carbonyl (C=O) groups excluding carboxylic acids is 2. The maximum Gasteiger partial charge on any atom is 0.337 e. The van der Waals surface area contributed by atoms with E-state index in [2.05, 4.69) is 16.9 Å². The van der Waals surface area contributed by atoms with Crippen LogP contribution in [0.25, 0.3) is 0 Å². The van der Waals surface area contributed by atoms with E-state index in [9.17, 15) is 45.3 Å². The van der Waals surface area contributed by atoms with E-state index in [-0.39, 0.29) is 31.2 Å². The highest BCUT2D eigenvalue weighted by molar-refractivity contribution is 5.89. The predicted octanol–water partition coefficient (Wildman–Crippen LogP) is -6.71. The monoisotopic (exact) mass is 630 g/mol. The van der Waals surface area contributed by atoms with Gasteiger partial charge in [0.2, 0.25) is 12.1 Å². The SMILES string of the molecule is C=CC1C(OC2OC(CO)C(O)C(O)(O)C2O)OC=C(C(=O)OC)C1C=CC1C[NH+](CCO)CC(C(=O)[O-])C1NC(N)=NC. The average Bonchev–Trinajstić information content (AvgIpc) is 3.00.